The van der Waals surface area contributed by atoms with E-state index >= 15 is 0 Å². The van der Waals surface area contributed by atoms with E-state index in [1.165, 1.54) is 30.8 Å². The molecule has 26 heavy (non-hydrogen) atoms. The standard InChI is InChI=1S/C23H20O2Se/c1-24-18-11-7-16(8-12-18)15-22-23(17-9-13-19(25-2)14-10-17)20-5-3-4-6-21(20)26-22/h3-14H,15H2,1-2H3. The van der Waals surface area contributed by atoms with Crippen LogP contribution in [0.3, 0.4) is 0 Å². The molecule has 0 spiro atoms. The van der Waals surface area contributed by atoms with E-state index in [0.29, 0.717) is 14.5 Å². The van der Waals surface area contributed by atoms with Crippen LogP contribution in [0.15, 0.2) is 72.8 Å². The van der Waals surface area contributed by atoms with E-state index < -0.39 is 0 Å². The molecule has 0 aliphatic carbocycles. The predicted molar refractivity (Wildman–Crippen MR) is 109 cm³/mol. The number of benzene rings is 3. The third-order valence-corrected chi connectivity index (χ3v) is 7.03. The Balaban J connectivity index is 1.79. The van der Waals surface area contributed by atoms with Gasteiger partial charge in [-0.15, -0.1) is 0 Å². The van der Waals surface area contributed by atoms with Gasteiger partial charge in [-0.3, -0.25) is 0 Å². The molecule has 0 aliphatic heterocycles. The van der Waals surface area contributed by atoms with Crippen LogP contribution < -0.4 is 9.47 Å². The number of hydrogen-bond donors (Lipinski definition) is 0. The summed E-state index contributed by atoms with van der Waals surface area (Å²) in [5.41, 5.74) is 3.97. The topological polar surface area (TPSA) is 18.5 Å². The first-order valence-electron chi connectivity index (χ1n) is 8.56. The molecule has 4 rings (SSSR count). The van der Waals surface area contributed by atoms with Crippen molar-refractivity contribution in [2.24, 2.45) is 0 Å². The molecule has 0 atom stereocenters. The molecule has 0 fully saturated rings. The second-order valence-electron chi connectivity index (χ2n) is 6.15. The Kier molecular flexibility index (Phi) is 4.83. The fourth-order valence-corrected chi connectivity index (χ4v) is 5.87. The summed E-state index contributed by atoms with van der Waals surface area (Å²) >= 11 is 0.353. The Morgan fingerprint density at radius 1 is 0.731 bits per heavy atom. The number of ether oxygens (including phenoxy) is 2. The summed E-state index contributed by atoms with van der Waals surface area (Å²) in [5, 5.41) is 1.38. The van der Waals surface area contributed by atoms with Crippen LogP contribution in [0.1, 0.15) is 10.0 Å². The van der Waals surface area contributed by atoms with Gasteiger partial charge in [0.15, 0.2) is 0 Å². The minimum atomic E-state index is 0.353. The summed E-state index contributed by atoms with van der Waals surface area (Å²) in [6, 6.07) is 25.6. The van der Waals surface area contributed by atoms with Crippen LogP contribution in [0.2, 0.25) is 0 Å². The monoisotopic (exact) mass is 408 g/mol. The number of hydrogen-bond acceptors (Lipinski definition) is 2. The first-order chi connectivity index (χ1) is 12.8. The van der Waals surface area contributed by atoms with Gasteiger partial charge < -0.3 is 0 Å². The van der Waals surface area contributed by atoms with Gasteiger partial charge in [-0.2, -0.15) is 0 Å². The molecule has 0 saturated carbocycles. The molecule has 130 valence electrons. The molecule has 1 heterocycles. The predicted octanol–water partition coefficient (Wildman–Crippen LogP) is 5.17. The fourth-order valence-electron chi connectivity index (χ4n) is 3.22. The molecule has 3 aromatic carbocycles. The number of rotatable bonds is 5. The summed E-state index contributed by atoms with van der Waals surface area (Å²) in [6.45, 7) is 0. The van der Waals surface area contributed by atoms with E-state index in [-0.39, 0.29) is 0 Å². The minimum absolute atomic E-state index is 0.353. The quantitative estimate of drug-likeness (QED) is 0.425. The first-order valence-corrected chi connectivity index (χ1v) is 10.3. The molecule has 0 unspecified atom stereocenters. The van der Waals surface area contributed by atoms with E-state index in [2.05, 4.69) is 48.5 Å². The molecular weight excluding hydrogens is 387 g/mol. The molecule has 3 heteroatoms. The van der Waals surface area contributed by atoms with Crippen molar-refractivity contribution in [1.29, 1.82) is 0 Å². The van der Waals surface area contributed by atoms with Crippen LogP contribution in [0, 0.1) is 0 Å². The van der Waals surface area contributed by atoms with Gasteiger partial charge in [0.1, 0.15) is 0 Å². The third-order valence-electron chi connectivity index (χ3n) is 4.57. The van der Waals surface area contributed by atoms with Crippen molar-refractivity contribution in [3.8, 4) is 22.6 Å². The third kappa shape index (κ3) is 3.28. The van der Waals surface area contributed by atoms with Gasteiger partial charge >= 0.3 is 160 Å². The summed E-state index contributed by atoms with van der Waals surface area (Å²) in [7, 11) is 3.41. The summed E-state index contributed by atoms with van der Waals surface area (Å²) < 4.78 is 13.6. The van der Waals surface area contributed by atoms with E-state index in [0.717, 1.165) is 17.9 Å². The van der Waals surface area contributed by atoms with Crippen molar-refractivity contribution < 1.29 is 9.47 Å². The Hall–Kier alpha value is -2.48. The van der Waals surface area contributed by atoms with Gasteiger partial charge in [-0.25, -0.2) is 0 Å². The van der Waals surface area contributed by atoms with Crippen LogP contribution in [-0.4, -0.2) is 28.7 Å². The molecule has 0 aliphatic rings. The molecule has 0 N–H and O–H groups in total. The van der Waals surface area contributed by atoms with Crippen molar-refractivity contribution in [2.45, 2.75) is 6.42 Å². The second-order valence-corrected chi connectivity index (χ2v) is 8.53. The molecule has 0 bridgehead atoms. The fraction of sp³-hybridized carbons (Fsp3) is 0.130. The van der Waals surface area contributed by atoms with Crippen LogP contribution in [0.4, 0.5) is 0 Å². The SMILES string of the molecule is COc1ccc(Cc2[se]c3ccccc3c2-c2ccc(OC)cc2)cc1. The van der Waals surface area contributed by atoms with Crippen molar-refractivity contribution in [2.75, 3.05) is 14.2 Å². The van der Waals surface area contributed by atoms with Gasteiger partial charge in [-0.05, 0) is 0 Å². The second kappa shape index (κ2) is 7.41. The summed E-state index contributed by atoms with van der Waals surface area (Å²) in [6.07, 6.45) is 0.972. The van der Waals surface area contributed by atoms with Gasteiger partial charge in [0.2, 0.25) is 0 Å². The van der Waals surface area contributed by atoms with Gasteiger partial charge in [0.05, 0.1) is 0 Å². The molecule has 2 nitrogen and oxygen atoms in total. The van der Waals surface area contributed by atoms with Crippen molar-refractivity contribution >= 4 is 24.1 Å². The summed E-state index contributed by atoms with van der Waals surface area (Å²) in [5.74, 6) is 1.79. The molecule has 0 amide bonds. The normalized spacial score (nSPS) is 10.8. The Bertz CT molecular complexity index is 1010. The maximum absolute atomic E-state index is 5.32. The van der Waals surface area contributed by atoms with Crippen molar-refractivity contribution in [1.82, 2.24) is 0 Å². The van der Waals surface area contributed by atoms with E-state index in [9.17, 15) is 0 Å². The Morgan fingerprint density at radius 2 is 1.35 bits per heavy atom. The van der Waals surface area contributed by atoms with Crippen LogP contribution in [0.25, 0.3) is 20.8 Å². The zero-order valence-corrected chi connectivity index (χ0v) is 16.6. The van der Waals surface area contributed by atoms with E-state index in [1.54, 1.807) is 14.2 Å². The van der Waals surface area contributed by atoms with Crippen molar-refractivity contribution in [3.05, 3.63) is 82.8 Å². The number of methoxy groups -OCH3 is 2. The zero-order valence-electron chi connectivity index (χ0n) is 14.9. The van der Waals surface area contributed by atoms with Crippen LogP contribution >= 0.6 is 0 Å². The van der Waals surface area contributed by atoms with Gasteiger partial charge in [0, 0.05) is 0 Å². The van der Waals surface area contributed by atoms with Crippen LogP contribution in [0.5, 0.6) is 11.5 Å². The molecular formula is C23H20O2Se. The average molecular weight is 407 g/mol. The molecule has 4 aromatic rings. The molecule has 1 aromatic heterocycles. The Morgan fingerprint density at radius 3 is 2.00 bits per heavy atom. The average Bonchev–Trinajstić information content (AvgIpc) is 3.06. The van der Waals surface area contributed by atoms with Gasteiger partial charge in [-0.1, -0.05) is 0 Å². The number of fused-ring (bicyclic) bond motifs is 1. The molecule has 0 saturated heterocycles. The molecule has 0 radical (unpaired) electrons. The van der Waals surface area contributed by atoms with E-state index in [1.807, 2.05) is 24.3 Å². The zero-order chi connectivity index (χ0) is 17.9. The maximum atomic E-state index is 5.32. The van der Waals surface area contributed by atoms with E-state index in [4.69, 9.17) is 9.47 Å². The van der Waals surface area contributed by atoms with Gasteiger partial charge in [0.25, 0.3) is 0 Å². The van der Waals surface area contributed by atoms with Crippen LogP contribution in [-0.2, 0) is 6.42 Å². The first kappa shape index (κ1) is 17.0. The van der Waals surface area contributed by atoms with Crippen molar-refractivity contribution in [3.63, 3.8) is 0 Å². The Labute approximate surface area is 159 Å². The summed E-state index contributed by atoms with van der Waals surface area (Å²) in [4.78, 5) is 0.